The average Bonchev–Trinajstić information content (AvgIpc) is 2.41. The number of halogens is 2. The molecule has 0 N–H and O–H groups in total. The van der Waals surface area contributed by atoms with Crippen LogP contribution in [-0.2, 0) is 0 Å². The van der Waals surface area contributed by atoms with Gasteiger partial charge in [-0.15, -0.1) is 0 Å². The molecule has 0 saturated carbocycles. The molecule has 0 nitrogen and oxygen atoms in total. The van der Waals surface area contributed by atoms with E-state index in [9.17, 15) is 0 Å². The average molecular weight is 287 g/mol. The summed E-state index contributed by atoms with van der Waals surface area (Å²) in [6.07, 6.45) is 0. The minimum Gasteiger partial charge on any atom is -0.0837 e. The van der Waals surface area contributed by atoms with Crippen LogP contribution < -0.4 is 0 Å². The maximum atomic E-state index is 6.40. The molecule has 0 unspecified atom stereocenters. The van der Waals surface area contributed by atoms with Crippen LogP contribution in [0.15, 0.2) is 54.6 Å². The summed E-state index contributed by atoms with van der Waals surface area (Å²) in [5.41, 5.74) is 3.46. The number of hydrogen-bond acceptors (Lipinski definition) is 0. The van der Waals surface area contributed by atoms with Gasteiger partial charge in [0.1, 0.15) is 0 Å². The Labute approximate surface area is 122 Å². The topological polar surface area (TPSA) is 0 Å². The Hall–Kier alpha value is -1.50. The first kappa shape index (κ1) is 12.5. The molecule has 19 heavy (non-hydrogen) atoms. The van der Waals surface area contributed by atoms with Crippen LogP contribution in [0, 0.1) is 6.92 Å². The zero-order valence-corrected chi connectivity index (χ0v) is 12.0. The van der Waals surface area contributed by atoms with Gasteiger partial charge in [-0.3, -0.25) is 0 Å². The summed E-state index contributed by atoms with van der Waals surface area (Å²) < 4.78 is 0. The van der Waals surface area contributed by atoms with Gasteiger partial charge < -0.3 is 0 Å². The van der Waals surface area contributed by atoms with Crippen molar-refractivity contribution in [3.63, 3.8) is 0 Å². The summed E-state index contributed by atoms with van der Waals surface area (Å²) in [7, 11) is 0. The molecule has 0 atom stereocenters. The molecule has 0 aliphatic rings. The van der Waals surface area contributed by atoms with Gasteiger partial charge in [0.05, 0.1) is 0 Å². The molecule has 94 valence electrons. The first-order valence-corrected chi connectivity index (χ1v) is 6.87. The fraction of sp³-hybridized carbons (Fsp3) is 0.0588. The summed E-state index contributed by atoms with van der Waals surface area (Å²) in [6.45, 7) is 2.07. The van der Waals surface area contributed by atoms with Crippen LogP contribution in [-0.4, -0.2) is 0 Å². The van der Waals surface area contributed by atoms with Gasteiger partial charge in [0.25, 0.3) is 0 Å². The second-order valence-corrected chi connectivity index (χ2v) is 5.39. The fourth-order valence-corrected chi connectivity index (χ4v) is 3.08. The molecule has 0 bridgehead atoms. The summed E-state index contributed by atoms with van der Waals surface area (Å²) in [5, 5.41) is 3.51. The highest BCUT2D eigenvalue weighted by Gasteiger charge is 2.12. The second kappa shape index (κ2) is 4.88. The van der Waals surface area contributed by atoms with Crippen molar-refractivity contribution in [3.8, 4) is 11.1 Å². The van der Waals surface area contributed by atoms with Gasteiger partial charge in [0.2, 0.25) is 0 Å². The predicted molar refractivity (Wildman–Crippen MR) is 84.1 cm³/mol. The summed E-state index contributed by atoms with van der Waals surface area (Å²) in [5.74, 6) is 0. The van der Waals surface area contributed by atoms with E-state index in [-0.39, 0.29) is 0 Å². The standard InChI is InChI=1S/C17H12Cl2/c1-11-10-15(19)13-8-5-9-14(18)17(13)16(11)12-6-3-2-4-7-12/h2-10H,1H3. The molecule has 0 heterocycles. The Morgan fingerprint density at radius 1 is 0.789 bits per heavy atom. The number of aryl methyl sites for hydroxylation is 1. The lowest BCUT2D eigenvalue weighted by atomic mass is 9.94. The van der Waals surface area contributed by atoms with E-state index < -0.39 is 0 Å². The Morgan fingerprint density at radius 2 is 1.53 bits per heavy atom. The van der Waals surface area contributed by atoms with Crippen LogP contribution >= 0.6 is 23.2 Å². The quantitative estimate of drug-likeness (QED) is 0.505. The fourth-order valence-electron chi connectivity index (χ4n) is 2.49. The van der Waals surface area contributed by atoms with Crippen LogP contribution in [0.1, 0.15) is 5.56 Å². The van der Waals surface area contributed by atoms with E-state index in [1.54, 1.807) is 0 Å². The van der Waals surface area contributed by atoms with Gasteiger partial charge in [0.15, 0.2) is 0 Å². The van der Waals surface area contributed by atoms with Crippen LogP contribution in [0.4, 0.5) is 0 Å². The lowest BCUT2D eigenvalue weighted by molar-refractivity contribution is 1.49. The first-order chi connectivity index (χ1) is 9.18. The third-order valence-electron chi connectivity index (χ3n) is 3.32. The van der Waals surface area contributed by atoms with Crippen molar-refractivity contribution in [1.82, 2.24) is 0 Å². The van der Waals surface area contributed by atoms with Crippen molar-refractivity contribution in [3.05, 3.63) is 70.2 Å². The molecule has 0 radical (unpaired) electrons. The molecular weight excluding hydrogens is 275 g/mol. The van der Waals surface area contributed by atoms with Crippen LogP contribution in [0.5, 0.6) is 0 Å². The normalized spacial score (nSPS) is 10.9. The summed E-state index contributed by atoms with van der Waals surface area (Å²) in [6, 6.07) is 18.1. The van der Waals surface area contributed by atoms with E-state index in [2.05, 4.69) is 19.1 Å². The lowest BCUT2D eigenvalue weighted by Crippen LogP contribution is -1.88. The maximum absolute atomic E-state index is 6.40. The highest BCUT2D eigenvalue weighted by Crippen LogP contribution is 2.39. The molecule has 0 aliphatic heterocycles. The zero-order valence-electron chi connectivity index (χ0n) is 10.5. The monoisotopic (exact) mass is 286 g/mol. The second-order valence-electron chi connectivity index (χ2n) is 4.58. The Kier molecular flexibility index (Phi) is 3.22. The van der Waals surface area contributed by atoms with Crippen molar-refractivity contribution >= 4 is 34.0 Å². The van der Waals surface area contributed by atoms with Crippen molar-refractivity contribution < 1.29 is 0 Å². The van der Waals surface area contributed by atoms with Crippen molar-refractivity contribution in [2.75, 3.05) is 0 Å². The van der Waals surface area contributed by atoms with Gasteiger partial charge in [-0.2, -0.15) is 0 Å². The Balaban J connectivity index is 2.48. The molecule has 0 spiro atoms. The molecule has 0 amide bonds. The largest absolute Gasteiger partial charge is 0.0837 e. The van der Waals surface area contributed by atoms with E-state index in [1.165, 1.54) is 0 Å². The third kappa shape index (κ3) is 2.11. The van der Waals surface area contributed by atoms with Gasteiger partial charge in [-0.1, -0.05) is 65.7 Å². The molecule has 3 aromatic carbocycles. The first-order valence-electron chi connectivity index (χ1n) is 6.11. The van der Waals surface area contributed by atoms with E-state index in [0.717, 1.165) is 37.5 Å². The Morgan fingerprint density at radius 3 is 2.26 bits per heavy atom. The predicted octanol–water partition coefficient (Wildman–Crippen LogP) is 6.12. The molecular formula is C17H12Cl2. The molecule has 0 aliphatic carbocycles. The highest BCUT2D eigenvalue weighted by atomic mass is 35.5. The third-order valence-corrected chi connectivity index (χ3v) is 3.95. The van der Waals surface area contributed by atoms with Gasteiger partial charge in [0, 0.05) is 20.8 Å². The van der Waals surface area contributed by atoms with Crippen molar-refractivity contribution in [1.29, 1.82) is 0 Å². The number of rotatable bonds is 1. The lowest BCUT2D eigenvalue weighted by Gasteiger charge is -2.13. The van der Waals surface area contributed by atoms with E-state index in [0.29, 0.717) is 0 Å². The summed E-state index contributed by atoms with van der Waals surface area (Å²) in [4.78, 5) is 0. The minimum atomic E-state index is 0.738. The molecule has 0 saturated heterocycles. The molecule has 2 heteroatoms. The Bertz CT molecular complexity index is 746. The van der Waals surface area contributed by atoms with E-state index in [1.807, 2.05) is 42.5 Å². The molecule has 0 fully saturated rings. The van der Waals surface area contributed by atoms with Crippen molar-refractivity contribution in [2.45, 2.75) is 6.92 Å². The number of benzene rings is 3. The van der Waals surface area contributed by atoms with Crippen LogP contribution in [0.25, 0.3) is 21.9 Å². The SMILES string of the molecule is Cc1cc(Cl)c2cccc(Cl)c2c1-c1ccccc1. The van der Waals surface area contributed by atoms with E-state index >= 15 is 0 Å². The van der Waals surface area contributed by atoms with Gasteiger partial charge in [-0.25, -0.2) is 0 Å². The molecule has 3 rings (SSSR count). The molecule has 3 aromatic rings. The van der Waals surface area contributed by atoms with Gasteiger partial charge in [-0.05, 0) is 35.7 Å². The molecule has 0 aromatic heterocycles. The van der Waals surface area contributed by atoms with Crippen LogP contribution in [0.3, 0.4) is 0 Å². The number of fused-ring (bicyclic) bond motifs is 1. The minimum absolute atomic E-state index is 0.738. The van der Waals surface area contributed by atoms with Gasteiger partial charge >= 0.3 is 0 Å². The summed E-state index contributed by atoms with van der Waals surface area (Å²) >= 11 is 12.7. The van der Waals surface area contributed by atoms with Crippen LogP contribution in [0.2, 0.25) is 10.0 Å². The maximum Gasteiger partial charge on any atom is 0.0491 e. The smallest absolute Gasteiger partial charge is 0.0491 e. The van der Waals surface area contributed by atoms with E-state index in [4.69, 9.17) is 23.2 Å². The highest BCUT2D eigenvalue weighted by molar-refractivity contribution is 6.41. The zero-order chi connectivity index (χ0) is 13.4. The number of hydrogen-bond donors (Lipinski definition) is 0. The van der Waals surface area contributed by atoms with Crippen molar-refractivity contribution in [2.24, 2.45) is 0 Å².